The monoisotopic (exact) mass is 340 g/mol. The number of benzene rings is 1. The van der Waals surface area contributed by atoms with E-state index >= 15 is 0 Å². The SMILES string of the molecule is CCOc1ccc(Br)cc1C(O)C1CCCCC1(C)C. The van der Waals surface area contributed by atoms with Crippen LogP contribution in [0.4, 0.5) is 0 Å². The zero-order valence-corrected chi connectivity index (χ0v) is 14.2. The smallest absolute Gasteiger partial charge is 0.125 e. The summed E-state index contributed by atoms with van der Waals surface area (Å²) in [7, 11) is 0. The minimum Gasteiger partial charge on any atom is -0.493 e. The molecule has 1 saturated carbocycles. The molecule has 2 unspecified atom stereocenters. The highest BCUT2D eigenvalue weighted by Gasteiger charge is 2.38. The molecule has 2 atom stereocenters. The molecule has 0 radical (unpaired) electrons. The van der Waals surface area contributed by atoms with E-state index < -0.39 is 6.10 Å². The van der Waals surface area contributed by atoms with Gasteiger partial charge in [-0.3, -0.25) is 0 Å². The highest BCUT2D eigenvalue weighted by Crippen LogP contribution is 2.48. The van der Waals surface area contributed by atoms with Gasteiger partial charge in [0.1, 0.15) is 5.75 Å². The molecule has 0 aliphatic heterocycles. The second kappa shape index (κ2) is 6.48. The lowest BCUT2D eigenvalue weighted by Crippen LogP contribution is -2.32. The minimum atomic E-state index is -0.454. The molecule has 1 aliphatic rings. The van der Waals surface area contributed by atoms with E-state index in [4.69, 9.17) is 4.74 Å². The molecular formula is C17H25BrO2. The largest absolute Gasteiger partial charge is 0.493 e. The lowest BCUT2D eigenvalue weighted by molar-refractivity contribution is 0.00243. The van der Waals surface area contributed by atoms with E-state index in [1.54, 1.807) is 0 Å². The van der Waals surface area contributed by atoms with Crippen molar-refractivity contribution in [2.45, 2.75) is 52.6 Å². The number of hydrogen-bond donors (Lipinski definition) is 1. The number of ether oxygens (including phenoxy) is 1. The van der Waals surface area contributed by atoms with Crippen molar-refractivity contribution >= 4 is 15.9 Å². The molecule has 1 aromatic carbocycles. The maximum atomic E-state index is 10.9. The van der Waals surface area contributed by atoms with Crippen LogP contribution in [0, 0.1) is 11.3 Å². The summed E-state index contributed by atoms with van der Waals surface area (Å²) in [6.45, 7) is 7.15. The summed E-state index contributed by atoms with van der Waals surface area (Å²) in [6, 6.07) is 5.91. The molecule has 0 aromatic heterocycles. The van der Waals surface area contributed by atoms with E-state index in [1.807, 2.05) is 25.1 Å². The lowest BCUT2D eigenvalue weighted by atomic mass is 9.65. The maximum absolute atomic E-state index is 10.9. The van der Waals surface area contributed by atoms with Gasteiger partial charge in [-0.2, -0.15) is 0 Å². The van der Waals surface area contributed by atoms with Crippen LogP contribution >= 0.6 is 15.9 Å². The van der Waals surface area contributed by atoms with Crippen LogP contribution < -0.4 is 4.74 Å². The lowest BCUT2D eigenvalue weighted by Gasteiger charge is -2.41. The topological polar surface area (TPSA) is 29.5 Å². The average Bonchev–Trinajstić information content (AvgIpc) is 2.40. The number of rotatable bonds is 4. The van der Waals surface area contributed by atoms with Gasteiger partial charge in [0.15, 0.2) is 0 Å². The van der Waals surface area contributed by atoms with Gasteiger partial charge in [-0.15, -0.1) is 0 Å². The molecule has 20 heavy (non-hydrogen) atoms. The van der Waals surface area contributed by atoms with Crippen molar-refractivity contribution in [1.82, 2.24) is 0 Å². The van der Waals surface area contributed by atoms with Gasteiger partial charge in [0, 0.05) is 10.0 Å². The first kappa shape index (κ1) is 15.8. The molecule has 0 amide bonds. The minimum absolute atomic E-state index is 0.184. The Hall–Kier alpha value is -0.540. The Morgan fingerprint density at radius 2 is 2.15 bits per heavy atom. The van der Waals surface area contributed by atoms with Crippen LogP contribution in [0.15, 0.2) is 22.7 Å². The number of halogens is 1. The summed E-state index contributed by atoms with van der Waals surface area (Å²) in [4.78, 5) is 0. The van der Waals surface area contributed by atoms with E-state index in [1.165, 1.54) is 19.3 Å². The van der Waals surface area contributed by atoms with Gasteiger partial charge < -0.3 is 9.84 Å². The van der Waals surface area contributed by atoms with Crippen molar-refractivity contribution in [2.24, 2.45) is 11.3 Å². The van der Waals surface area contributed by atoms with E-state index in [-0.39, 0.29) is 5.41 Å². The third kappa shape index (κ3) is 3.37. The van der Waals surface area contributed by atoms with Crippen LogP contribution in [-0.2, 0) is 0 Å². The molecule has 1 aliphatic carbocycles. The van der Waals surface area contributed by atoms with Gasteiger partial charge in [-0.05, 0) is 49.3 Å². The van der Waals surface area contributed by atoms with Crippen molar-refractivity contribution in [2.75, 3.05) is 6.61 Å². The van der Waals surface area contributed by atoms with Gasteiger partial charge in [0.2, 0.25) is 0 Å². The highest BCUT2D eigenvalue weighted by molar-refractivity contribution is 9.10. The van der Waals surface area contributed by atoms with Crippen LogP contribution in [0.1, 0.15) is 58.1 Å². The van der Waals surface area contributed by atoms with E-state index in [0.717, 1.165) is 22.2 Å². The predicted octanol–water partition coefficient (Wildman–Crippen LogP) is 5.10. The third-order valence-electron chi connectivity index (χ3n) is 4.56. The molecule has 112 valence electrons. The average molecular weight is 341 g/mol. The highest BCUT2D eigenvalue weighted by atomic mass is 79.9. The van der Waals surface area contributed by atoms with Gasteiger partial charge in [0.25, 0.3) is 0 Å². The maximum Gasteiger partial charge on any atom is 0.125 e. The first-order valence-corrected chi connectivity index (χ1v) is 8.35. The molecular weight excluding hydrogens is 316 g/mol. The fraction of sp³-hybridized carbons (Fsp3) is 0.647. The van der Waals surface area contributed by atoms with Gasteiger partial charge in [-0.25, -0.2) is 0 Å². The Kier molecular flexibility index (Phi) is 5.14. The molecule has 0 saturated heterocycles. The first-order chi connectivity index (χ1) is 9.45. The van der Waals surface area contributed by atoms with Crippen molar-refractivity contribution in [3.8, 4) is 5.75 Å². The van der Waals surface area contributed by atoms with Crippen LogP contribution in [0.3, 0.4) is 0 Å². The second-order valence-electron chi connectivity index (χ2n) is 6.40. The number of aliphatic hydroxyl groups excluding tert-OH is 1. The van der Waals surface area contributed by atoms with Crippen molar-refractivity contribution < 1.29 is 9.84 Å². The van der Waals surface area contributed by atoms with Crippen LogP contribution in [0.5, 0.6) is 5.75 Å². The molecule has 1 N–H and O–H groups in total. The third-order valence-corrected chi connectivity index (χ3v) is 5.05. The molecule has 0 spiro atoms. The summed E-state index contributed by atoms with van der Waals surface area (Å²) in [5.74, 6) is 1.11. The van der Waals surface area contributed by atoms with E-state index in [0.29, 0.717) is 12.5 Å². The number of aliphatic hydroxyl groups is 1. The van der Waals surface area contributed by atoms with Crippen molar-refractivity contribution in [3.05, 3.63) is 28.2 Å². The molecule has 0 bridgehead atoms. The summed E-state index contributed by atoms with van der Waals surface area (Å²) in [6.07, 6.45) is 4.30. The molecule has 1 fully saturated rings. The molecule has 3 heteroatoms. The summed E-state index contributed by atoms with van der Waals surface area (Å²) < 4.78 is 6.68. The van der Waals surface area contributed by atoms with E-state index in [2.05, 4.69) is 29.8 Å². The van der Waals surface area contributed by atoms with Crippen LogP contribution in [0.25, 0.3) is 0 Å². The Balaban J connectivity index is 2.31. The van der Waals surface area contributed by atoms with Gasteiger partial charge >= 0.3 is 0 Å². The predicted molar refractivity (Wildman–Crippen MR) is 86.0 cm³/mol. The van der Waals surface area contributed by atoms with Crippen LogP contribution in [-0.4, -0.2) is 11.7 Å². The molecule has 2 nitrogen and oxygen atoms in total. The van der Waals surface area contributed by atoms with Crippen molar-refractivity contribution in [3.63, 3.8) is 0 Å². The fourth-order valence-corrected chi connectivity index (χ4v) is 3.74. The van der Waals surface area contributed by atoms with Gasteiger partial charge in [-0.1, -0.05) is 42.6 Å². The molecule has 0 heterocycles. The standard InChI is InChI=1S/C17H25BrO2/c1-4-20-15-9-8-12(18)11-13(15)16(19)14-7-5-6-10-17(14,2)3/h8-9,11,14,16,19H,4-7,10H2,1-3H3. The Bertz CT molecular complexity index is 456. The second-order valence-corrected chi connectivity index (χ2v) is 7.32. The normalized spacial score (nSPS) is 23.4. The first-order valence-electron chi connectivity index (χ1n) is 7.56. The van der Waals surface area contributed by atoms with Gasteiger partial charge in [0.05, 0.1) is 12.7 Å². The van der Waals surface area contributed by atoms with Crippen molar-refractivity contribution in [1.29, 1.82) is 0 Å². The fourth-order valence-electron chi connectivity index (χ4n) is 3.36. The Morgan fingerprint density at radius 3 is 2.80 bits per heavy atom. The number of hydrogen-bond acceptors (Lipinski definition) is 2. The summed E-state index contributed by atoms with van der Waals surface area (Å²) in [5, 5.41) is 10.9. The zero-order chi connectivity index (χ0) is 14.8. The Labute approximate surface area is 130 Å². The molecule has 1 aromatic rings. The zero-order valence-electron chi connectivity index (χ0n) is 12.7. The Morgan fingerprint density at radius 1 is 1.40 bits per heavy atom. The van der Waals surface area contributed by atoms with Crippen LogP contribution in [0.2, 0.25) is 0 Å². The quantitative estimate of drug-likeness (QED) is 0.826. The molecule has 2 rings (SSSR count). The summed E-state index contributed by atoms with van der Waals surface area (Å²) >= 11 is 3.50. The summed E-state index contributed by atoms with van der Waals surface area (Å²) in [5.41, 5.74) is 1.10. The van der Waals surface area contributed by atoms with E-state index in [9.17, 15) is 5.11 Å².